The van der Waals surface area contributed by atoms with Crippen molar-refractivity contribution < 1.29 is 0 Å². The minimum Gasteiger partial charge on any atom is -0.362 e. The Bertz CT molecular complexity index is 528. The molecule has 0 amide bonds. The van der Waals surface area contributed by atoms with Gasteiger partial charge in [0.1, 0.15) is 0 Å². The van der Waals surface area contributed by atoms with Gasteiger partial charge in [0.15, 0.2) is 5.11 Å². The fourth-order valence-electron chi connectivity index (χ4n) is 1.56. The molecule has 0 aliphatic carbocycles. The molecule has 19 heavy (non-hydrogen) atoms. The monoisotopic (exact) mass is 335 g/mol. The van der Waals surface area contributed by atoms with Gasteiger partial charge in [-0.25, -0.2) is 0 Å². The highest BCUT2D eigenvalue weighted by Crippen LogP contribution is 2.13. The van der Waals surface area contributed by atoms with Crippen molar-refractivity contribution in [2.24, 2.45) is 0 Å². The van der Waals surface area contributed by atoms with Gasteiger partial charge in [-0.05, 0) is 48.6 Å². The second-order valence-electron chi connectivity index (χ2n) is 3.96. The van der Waals surface area contributed by atoms with Crippen LogP contribution in [0.4, 0.5) is 5.69 Å². The van der Waals surface area contributed by atoms with Crippen molar-refractivity contribution in [3.63, 3.8) is 0 Å². The van der Waals surface area contributed by atoms with Gasteiger partial charge in [-0.1, -0.05) is 22.0 Å². The van der Waals surface area contributed by atoms with Gasteiger partial charge in [-0.15, -0.1) is 0 Å². The number of halogens is 1. The second kappa shape index (κ2) is 7.21. The van der Waals surface area contributed by atoms with Gasteiger partial charge in [0.25, 0.3) is 0 Å². The zero-order chi connectivity index (χ0) is 13.5. The van der Waals surface area contributed by atoms with Crippen LogP contribution < -0.4 is 10.6 Å². The summed E-state index contributed by atoms with van der Waals surface area (Å²) in [6.45, 7) is 0.763. The van der Waals surface area contributed by atoms with Gasteiger partial charge >= 0.3 is 0 Å². The number of benzene rings is 1. The van der Waals surface area contributed by atoms with E-state index in [1.165, 1.54) is 0 Å². The summed E-state index contributed by atoms with van der Waals surface area (Å²) in [5.74, 6) is 0. The van der Waals surface area contributed by atoms with E-state index in [2.05, 4.69) is 31.5 Å². The van der Waals surface area contributed by atoms with Crippen molar-refractivity contribution in [3.05, 3.63) is 58.8 Å². The van der Waals surface area contributed by atoms with E-state index in [0.29, 0.717) is 5.11 Å². The van der Waals surface area contributed by atoms with Crippen LogP contribution in [0, 0.1) is 0 Å². The van der Waals surface area contributed by atoms with Gasteiger partial charge in [0, 0.05) is 35.0 Å². The van der Waals surface area contributed by atoms with Gasteiger partial charge < -0.3 is 10.6 Å². The molecule has 1 aromatic carbocycles. The summed E-state index contributed by atoms with van der Waals surface area (Å²) in [6, 6.07) is 13.8. The predicted octanol–water partition coefficient (Wildman–Crippen LogP) is 3.37. The molecule has 1 aromatic heterocycles. The van der Waals surface area contributed by atoms with Crippen LogP contribution in [0.25, 0.3) is 0 Å². The summed E-state index contributed by atoms with van der Waals surface area (Å²) in [4.78, 5) is 4.26. The highest BCUT2D eigenvalue weighted by atomic mass is 79.9. The topological polar surface area (TPSA) is 37.0 Å². The van der Waals surface area contributed by atoms with Crippen LogP contribution in [0.3, 0.4) is 0 Å². The molecule has 5 heteroatoms. The zero-order valence-corrected chi connectivity index (χ0v) is 12.7. The van der Waals surface area contributed by atoms with Crippen LogP contribution in [-0.4, -0.2) is 16.6 Å². The van der Waals surface area contributed by atoms with E-state index < -0.39 is 0 Å². The van der Waals surface area contributed by atoms with Gasteiger partial charge in [-0.2, -0.15) is 0 Å². The average molecular weight is 336 g/mol. The third-order valence-corrected chi connectivity index (χ3v) is 3.27. The fourth-order valence-corrected chi connectivity index (χ4v) is 2.04. The maximum absolute atomic E-state index is 5.23. The van der Waals surface area contributed by atoms with Gasteiger partial charge in [-0.3, -0.25) is 4.98 Å². The Labute approximate surface area is 126 Å². The summed E-state index contributed by atoms with van der Waals surface area (Å²) >= 11 is 8.63. The maximum atomic E-state index is 5.23. The molecular formula is C14H14BrN3S. The van der Waals surface area contributed by atoms with Gasteiger partial charge in [0.2, 0.25) is 0 Å². The number of aromatic nitrogens is 1. The van der Waals surface area contributed by atoms with E-state index in [1.54, 1.807) is 6.20 Å². The average Bonchev–Trinajstić information content (AvgIpc) is 2.43. The van der Waals surface area contributed by atoms with Crippen LogP contribution in [0.15, 0.2) is 53.1 Å². The molecule has 2 aromatic rings. The number of anilines is 1. The first-order chi connectivity index (χ1) is 9.24. The molecule has 0 bridgehead atoms. The molecular weight excluding hydrogens is 322 g/mol. The summed E-state index contributed by atoms with van der Waals surface area (Å²) in [5.41, 5.74) is 2.03. The number of pyridine rings is 1. The Kier molecular flexibility index (Phi) is 5.30. The highest BCUT2D eigenvalue weighted by molar-refractivity contribution is 9.10. The van der Waals surface area contributed by atoms with Crippen LogP contribution in [0.1, 0.15) is 5.69 Å². The smallest absolute Gasteiger partial charge is 0.170 e. The molecule has 2 rings (SSSR count). The Morgan fingerprint density at radius 2 is 1.95 bits per heavy atom. The Hall–Kier alpha value is -1.46. The molecule has 0 saturated carbocycles. The van der Waals surface area contributed by atoms with Crippen LogP contribution in [0.5, 0.6) is 0 Å². The number of hydrogen-bond acceptors (Lipinski definition) is 2. The van der Waals surface area contributed by atoms with E-state index in [1.807, 2.05) is 42.5 Å². The molecule has 0 spiro atoms. The molecule has 0 atom stereocenters. The van der Waals surface area contributed by atoms with E-state index in [0.717, 1.165) is 28.8 Å². The van der Waals surface area contributed by atoms with E-state index in [-0.39, 0.29) is 0 Å². The van der Waals surface area contributed by atoms with Crippen LogP contribution in [0.2, 0.25) is 0 Å². The number of rotatable bonds is 4. The molecule has 0 unspecified atom stereocenters. The minimum absolute atomic E-state index is 0.623. The minimum atomic E-state index is 0.623. The summed E-state index contributed by atoms with van der Waals surface area (Å²) in [6.07, 6.45) is 2.65. The first-order valence-corrected chi connectivity index (χ1v) is 7.14. The lowest BCUT2D eigenvalue weighted by atomic mass is 10.3. The molecule has 0 radical (unpaired) electrons. The first kappa shape index (κ1) is 14.0. The Morgan fingerprint density at radius 1 is 1.16 bits per heavy atom. The molecule has 0 fully saturated rings. The summed E-state index contributed by atoms with van der Waals surface area (Å²) in [5, 5.41) is 6.92. The number of thiocarbonyl (C=S) groups is 1. The molecule has 3 nitrogen and oxygen atoms in total. The molecule has 0 saturated heterocycles. The van der Waals surface area contributed by atoms with Crippen molar-refractivity contribution in [1.82, 2.24) is 10.3 Å². The normalized spacial score (nSPS) is 9.95. The number of nitrogens with one attached hydrogen (secondary N) is 2. The van der Waals surface area contributed by atoms with Crippen molar-refractivity contribution >= 4 is 38.9 Å². The largest absolute Gasteiger partial charge is 0.362 e. The molecule has 98 valence electrons. The highest BCUT2D eigenvalue weighted by Gasteiger charge is 1.98. The predicted molar refractivity (Wildman–Crippen MR) is 86.3 cm³/mol. The van der Waals surface area contributed by atoms with Gasteiger partial charge in [0.05, 0.1) is 0 Å². The van der Waals surface area contributed by atoms with E-state index in [9.17, 15) is 0 Å². The van der Waals surface area contributed by atoms with Crippen molar-refractivity contribution in [2.45, 2.75) is 6.42 Å². The standard InChI is InChI=1S/C14H14BrN3S/c15-11-4-6-13(7-5-11)18-14(19)17-10-8-12-3-1-2-9-16-12/h1-7,9H,8,10H2,(H2,17,18,19). The lowest BCUT2D eigenvalue weighted by molar-refractivity contribution is 0.847. The van der Waals surface area contributed by atoms with Crippen LogP contribution in [-0.2, 0) is 6.42 Å². The van der Waals surface area contributed by atoms with E-state index in [4.69, 9.17) is 12.2 Å². The summed E-state index contributed by atoms with van der Waals surface area (Å²) < 4.78 is 1.05. The third kappa shape index (κ3) is 4.96. The number of nitrogens with zero attached hydrogens (tertiary/aromatic N) is 1. The van der Waals surface area contributed by atoms with Crippen LogP contribution >= 0.6 is 28.1 Å². The molecule has 0 aliphatic rings. The quantitative estimate of drug-likeness (QED) is 0.840. The maximum Gasteiger partial charge on any atom is 0.170 e. The first-order valence-electron chi connectivity index (χ1n) is 5.94. The fraction of sp³-hybridized carbons (Fsp3) is 0.143. The van der Waals surface area contributed by atoms with E-state index >= 15 is 0 Å². The Balaban J connectivity index is 1.74. The summed E-state index contributed by atoms with van der Waals surface area (Å²) in [7, 11) is 0. The molecule has 0 aliphatic heterocycles. The molecule has 2 N–H and O–H groups in total. The second-order valence-corrected chi connectivity index (χ2v) is 5.28. The van der Waals surface area contributed by atoms with Crippen molar-refractivity contribution in [1.29, 1.82) is 0 Å². The molecule has 1 heterocycles. The Morgan fingerprint density at radius 3 is 2.63 bits per heavy atom. The SMILES string of the molecule is S=C(NCCc1ccccn1)Nc1ccc(Br)cc1. The van der Waals surface area contributed by atoms with Crippen molar-refractivity contribution in [2.75, 3.05) is 11.9 Å². The zero-order valence-electron chi connectivity index (χ0n) is 10.3. The third-order valence-electron chi connectivity index (χ3n) is 2.49. The lowest BCUT2D eigenvalue weighted by Gasteiger charge is -2.10. The van der Waals surface area contributed by atoms with Crippen molar-refractivity contribution in [3.8, 4) is 0 Å². The number of hydrogen-bond donors (Lipinski definition) is 2. The lowest BCUT2D eigenvalue weighted by Crippen LogP contribution is -2.30.